The van der Waals surface area contributed by atoms with Gasteiger partial charge in [-0.3, -0.25) is 0 Å². The molecule has 5 rings (SSSR count). The Kier molecular flexibility index (Phi) is 6.76. The van der Waals surface area contributed by atoms with Crippen LogP contribution in [0, 0.1) is 0 Å². The molecule has 0 spiro atoms. The quantitative estimate of drug-likeness (QED) is 0.180. The molecule has 0 radical (unpaired) electrons. The van der Waals surface area contributed by atoms with E-state index in [9.17, 15) is 26.4 Å². The van der Waals surface area contributed by atoms with Crippen LogP contribution in [0.4, 0.5) is 13.2 Å². The second-order valence-corrected chi connectivity index (χ2v) is 10.3. The molecule has 0 unspecified atom stereocenters. The molecule has 0 atom stereocenters. The first kappa shape index (κ1) is 26.2. The van der Waals surface area contributed by atoms with Gasteiger partial charge in [-0.25, -0.2) is 23.2 Å². The number of carbonyl (C=O) groups excluding carboxylic acids is 1. The van der Waals surface area contributed by atoms with Crippen LogP contribution >= 0.6 is 0 Å². The van der Waals surface area contributed by atoms with E-state index in [1.807, 2.05) is 0 Å². The van der Waals surface area contributed by atoms with Crippen LogP contribution < -0.4 is 18.9 Å². The minimum Gasteiger partial charge on any atom is -0.454 e. The van der Waals surface area contributed by atoms with Gasteiger partial charge in [-0.15, -0.1) is 0 Å². The first-order valence-electron chi connectivity index (χ1n) is 11.2. The van der Waals surface area contributed by atoms with Gasteiger partial charge in [0.15, 0.2) is 23.0 Å². The third-order valence-corrected chi connectivity index (χ3v) is 7.07. The second kappa shape index (κ2) is 10.1. The number of halogens is 3. The number of fused-ring (bicyclic) bond motifs is 2. The van der Waals surface area contributed by atoms with Crippen molar-refractivity contribution in [3.8, 4) is 34.3 Å². The Morgan fingerprint density at radius 2 is 1.59 bits per heavy atom. The summed E-state index contributed by atoms with van der Waals surface area (Å²) in [6, 6.07) is 9.80. The maximum Gasteiger partial charge on any atom is 0.433 e. The maximum atomic E-state index is 13.5. The molecule has 3 aromatic rings. The number of hydrogen-bond donors (Lipinski definition) is 0. The summed E-state index contributed by atoms with van der Waals surface area (Å²) in [6.07, 6.45) is -5.67. The van der Waals surface area contributed by atoms with Gasteiger partial charge in [-0.05, 0) is 49.4 Å². The van der Waals surface area contributed by atoms with E-state index in [2.05, 4.69) is 15.1 Å². The first-order chi connectivity index (χ1) is 18.5. The molecular weight excluding hydrogens is 547 g/mol. The van der Waals surface area contributed by atoms with Gasteiger partial charge in [0.1, 0.15) is 5.69 Å². The number of ether oxygens (including phenoxy) is 4. The topological polar surface area (TPSA) is 136 Å². The highest BCUT2D eigenvalue weighted by Crippen LogP contribution is 2.37. The molecule has 0 N–H and O–H groups in total. The highest BCUT2D eigenvalue weighted by molar-refractivity contribution is 7.91. The first-order valence-corrected chi connectivity index (χ1v) is 12.9. The van der Waals surface area contributed by atoms with Crippen LogP contribution in [-0.2, 0) is 25.6 Å². The zero-order valence-electron chi connectivity index (χ0n) is 20.0. The number of rotatable bonds is 7. The van der Waals surface area contributed by atoms with Crippen molar-refractivity contribution in [2.24, 2.45) is 5.16 Å². The van der Waals surface area contributed by atoms with Crippen LogP contribution in [0.3, 0.4) is 0 Å². The molecule has 0 bridgehead atoms. The van der Waals surface area contributed by atoms with Gasteiger partial charge >= 0.3 is 12.1 Å². The molecule has 2 aromatic carbocycles. The van der Waals surface area contributed by atoms with Gasteiger partial charge in [0, 0.05) is 11.1 Å². The number of oxime groups is 1. The molecule has 0 aliphatic carbocycles. The van der Waals surface area contributed by atoms with E-state index in [0.29, 0.717) is 34.6 Å². The Labute approximate surface area is 219 Å². The summed E-state index contributed by atoms with van der Waals surface area (Å²) in [5.74, 6) is -0.253. The van der Waals surface area contributed by atoms with Crippen molar-refractivity contribution in [3.63, 3.8) is 0 Å². The summed E-state index contributed by atoms with van der Waals surface area (Å²) in [5.41, 5.74) is -0.764. The van der Waals surface area contributed by atoms with E-state index in [-0.39, 0.29) is 30.6 Å². The van der Waals surface area contributed by atoms with Crippen molar-refractivity contribution in [1.29, 1.82) is 0 Å². The van der Waals surface area contributed by atoms with Crippen LogP contribution in [0.25, 0.3) is 11.3 Å². The largest absolute Gasteiger partial charge is 0.454 e. The van der Waals surface area contributed by atoms with Gasteiger partial charge in [0.2, 0.25) is 28.6 Å². The molecule has 0 fully saturated rings. The molecule has 3 heterocycles. The summed E-state index contributed by atoms with van der Waals surface area (Å²) in [4.78, 5) is 24.0. The van der Waals surface area contributed by atoms with E-state index >= 15 is 0 Å². The van der Waals surface area contributed by atoms with Crippen molar-refractivity contribution in [2.75, 3.05) is 19.3 Å². The van der Waals surface area contributed by atoms with Gasteiger partial charge in [0.25, 0.3) is 0 Å². The Balaban J connectivity index is 1.31. The molecule has 0 amide bonds. The Hall–Kier alpha value is -4.40. The Bertz CT molecular complexity index is 1590. The van der Waals surface area contributed by atoms with Crippen molar-refractivity contribution in [3.05, 3.63) is 53.7 Å². The number of nitrogens with zero attached hydrogens (tertiary/aromatic N) is 3. The van der Waals surface area contributed by atoms with E-state index in [4.69, 9.17) is 23.8 Å². The number of sulfone groups is 1. The number of benzene rings is 2. The van der Waals surface area contributed by atoms with Gasteiger partial charge < -0.3 is 23.8 Å². The minimum atomic E-state index is -4.96. The lowest BCUT2D eigenvalue weighted by Crippen LogP contribution is -2.18. The summed E-state index contributed by atoms with van der Waals surface area (Å²) in [6.45, 7) is 1.56. The van der Waals surface area contributed by atoms with Crippen LogP contribution in [0.2, 0.25) is 0 Å². The third kappa shape index (κ3) is 5.72. The lowest BCUT2D eigenvalue weighted by molar-refractivity contribution is -0.143. The molecule has 15 heteroatoms. The Morgan fingerprint density at radius 3 is 2.28 bits per heavy atom. The van der Waals surface area contributed by atoms with Crippen molar-refractivity contribution in [2.45, 2.75) is 24.7 Å². The molecule has 2 aliphatic heterocycles. The SMILES string of the molecule is C/C(=N/OC(=O)CCS(=O)(=O)c1nc(-c2ccc3c(c2)OCO3)cc(C(F)(F)F)n1)c1ccc2c(c1)OCO2. The zero-order chi connectivity index (χ0) is 27.8. The molecule has 11 nitrogen and oxygen atoms in total. The normalized spacial score (nSPS) is 14.4. The van der Waals surface area contributed by atoms with Crippen molar-refractivity contribution < 1.29 is 50.2 Å². The zero-order valence-corrected chi connectivity index (χ0v) is 20.8. The molecule has 39 heavy (non-hydrogen) atoms. The van der Waals surface area contributed by atoms with E-state index in [1.54, 1.807) is 25.1 Å². The number of carbonyl (C=O) groups is 1. The van der Waals surface area contributed by atoms with Crippen LogP contribution in [-0.4, -0.2) is 49.4 Å². The molecule has 2 aliphatic rings. The Morgan fingerprint density at radius 1 is 0.949 bits per heavy atom. The van der Waals surface area contributed by atoms with E-state index in [0.717, 1.165) is 0 Å². The molecule has 0 saturated heterocycles. The van der Waals surface area contributed by atoms with Crippen LogP contribution in [0.15, 0.2) is 52.8 Å². The van der Waals surface area contributed by atoms with Crippen LogP contribution in [0.1, 0.15) is 24.6 Å². The highest BCUT2D eigenvalue weighted by Gasteiger charge is 2.36. The third-order valence-electron chi connectivity index (χ3n) is 5.59. The molecule has 0 saturated carbocycles. The molecule has 1 aromatic heterocycles. The number of alkyl halides is 3. The average Bonchev–Trinajstić information content (AvgIpc) is 3.58. The van der Waals surface area contributed by atoms with Gasteiger partial charge in [-0.2, -0.15) is 13.2 Å². The summed E-state index contributed by atoms with van der Waals surface area (Å²) < 4.78 is 87.2. The monoisotopic (exact) mass is 565 g/mol. The van der Waals surface area contributed by atoms with Crippen molar-refractivity contribution >= 4 is 21.5 Å². The predicted molar refractivity (Wildman–Crippen MR) is 126 cm³/mol. The minimum absolute atomic E-state index is 0.0631. The molecule has 204 valence electrons. The fourth-order valence-electron chi connectivity index (χ4n) is 3.56. The van der Waals surface area contributed by atoms with Gasteiger partial charge in [-0.1, -0.05) is 5.16 Å². The molecular formula is C24H18F3N3O8S. The average molecular weight is 565 g/mol. The standard InChI is InChI=1S/C24H18F3N3O8S/c1-13(14-2-4-17-19(8-14)36-11-34-17)30-38-22(31)6-7-39(32,33)23-28-16(10-21(29-23)24(25,26)27)15-3-5-18-20(9-15)37-12-35-18/h2-5,8-10H,6-7,11-12H2,1H3/b30-13-. The lowest BCUT2D eigenvalue weighted by Gasteiger charge is -2.11. The summed E-state index contributed by atoms with van der Waals surface area (Å²) >= 11 is 0. The fourth-order valence-corrected chi connectivity index (χ4v) is 4.65. The van der Waals surface area contributed by atoms with Gasteiger partial charge in [0.05, 0.1) is 23.6 Å². The number of hydrogen-bond acceptors (Lipinski definition) is 11. The fraction of sp³-hybridized carbons (Fsp3) is 0.250. The van der Waals surface area contributed by atoms with Crippen LogP contribution in [0.5, 0.6) is 23.0 Å². The second-order valence-electron chi connectivity index (χ2n) is 8.26. The predicted octanol–water partition coefficient (Wildman–Crippen LogP) is 3.75. The summed E-state index contributed by atoms with van der Waals surface area (Å²) in [7, 11) is -4.54. The van der Waals surface area contributed by atoms with E-state index < -0.39 is 45.0 Å². The lowest BCUT2D eigenvalue weighted by atomic mass is 10.1. The number of aromatic nitrogens is 2. The highest BCUT2D eigenvalue weighted by atomic mass is 32.2. The summed E-state index contributed by atoms with van der Waals surface area (Å²) in [5, 5.41) is 2.61. The maximum absolute atomic E-state index is 13.5. The van der Waals surface area contributed by atoms with E-state index in [1.165, 1.54) is 18.2 Å². The van der Waals surface area contributed by atoms with Crippen molar-refractivity contribution in [1.82, 2.24) is 9.97 Å². The smallest absolute Gasteiger partial charge is 0.433 e.